The fraction of sp³-hybridized carbons (Fsp3) is 0.576. The third-order valence-electron chi connectivity index (χ3n) is 9.48. The molecule has 1 N–H and O–H groups in total. The number of likely N-dealkylation sites (tertiary alicyclic amines) is 1. The summed E-state index contributed by atoms with van der Waals surface area (Å²) in [5.41, 5.74) is 2.61. The van der Waals surface area contributed by atoms with E-state index < -0.39 is 29.6 Å². The van der Waals surface area contributed by atoms with Gasteiger partial charge in [0.25, 0.3) is 0 Å². The summed E-state index contributed by atoms with van der Waals surface area (Å²) in [4.78, 5) is 32.5. The van der Waals surface area contributed by atoms with Crippen LogP contribution >= 0.6 is 11.6 Å². The molecule has 3 heterocycles. The monoisotopic (exact) mass is 619 g/mol. The largest absolute Gasteiger partial charge is 0.480 e. The van der Waals surface area contributed by atoms with Crippen molar-refractivity contribution in [3.63, 3.8) is 0 Å². The van der Waals surface area contributed by atoms with Crippen LogP contribution in [0, 0.1) is 31.4 Å². The van der Waals surface area contributed by atoms with Crippen molar-refractivity contribution < 1.29 is 28.2 Å². The van der Waals surface area contributed by atoms with E-state index in [-0.39, 0.29) is 37.8 Å². The van der Waals surface area contributed by atoms with Gasteiger partial charge in [-0.15, -0.1) is 0 Å². The molecule has 3 aliphatic rings. The summed E-state index contributed by atoms with van der Waals surface area (Å²) in [7, 11) is 0. The predicted molar refractivity (Wildman–Crippen MR) is 164 cm³/mol. The second kappa shape index (κ2) is 14.0. The smallest absolute Gasteiger partial charge is 0.321 e. The summed E-state index contributed by atoms with van der Waals surface area (Å²) in [6.07, 6.45) is 1.80. The van der Waals surface area contributed by atoms with Crippen molar-refractivity contribution in [3.05, 3.63) is 69.2 Å². The van der Waals surface area contributed by atoms with Crippen molar-refractivity contribution in [1.29, 1.82) is 0 Å². The standard InChI is InChI=1S/C32H40ClF2N3O4.CH4/c1-19-12-22(28(34)13-20(19)2)14-30(32(40)41)36-8-9-38(21(3)16-36)31(39)27-18-37(24-6-10-42-11-7-24)17-26(27)25-5-4-23(33)15-29(25)35;/h4-5,12-13,15,21,24,26-27,30H,6-11,14,16-18H2,1-3H3,(H,40,41);1H4/t21-,26-,27+,30-;/m0./s1. The lowest BCUT2D eigenvalue weighted by molar-refractivity contribution is -0.147. The zero-order chi connectivity index (χ0) is 30.1. The Labute approximate surface area is 258 Å². The van der Waals surface area contributed by atoms with Crippen LogP contribution in [0.25, 0.3) is 0 Å². The number of aliphatic carboxylic acids is 1. The van der Waals surface area contributed by atoms with Crippen molar-refractivity contribution in [1.82, 2.24) is 14.7 Å². The molecule has 1 amide bonds. The predicted octanol–water partition coefficient (Wildman–Crippen LogP) is 5.29. The van der Waals surface area contributed by atoms with Gasteiger partial charge in [0.05, 0.1) is 5.92 Å². The number of carboxylic acids is 1. The lowest BCUT2D eigenvalue weighted by atomic mass is 9.87. The van der Waals surface area contributed by atoms with Gasteiger partial charge in [-0.25, -0.2) is 8.78 Å². The van der Waals surface area contributed by atoms with E-state index in [1.807, 2.05) is 30.6 Å². The number of rotatable bonds is 7. The number of benzene rings is 2. The molecule has 2 aromatic rings. The molecule has 3 fully saturated rings. The van der Waals surface area contributed by atoms with E-state index in [0.717, 1.165) is 24.0 Å². The molecule has 10 heteroatoms. The third-order valence-corrected chi connectivity index (χ3v) is 9.71. The summed E-state index contributed by atoms with van der Waals surface area (Å²) < 4.78 is 35.4. The summed E-state index contributed by atoms with van der Waals surface area (Å²) in [5.74, 6) is -2.61. The number of amides is 1. The minimum atomic E-state index is -1.01. The molecular weight excluding hydrogens is 576 g/mol. The lowest BCUT2D eigenvalue weighted by Gasteiger charge is -2.43. The van der Waals surface area contributed by atoms with E-state index in [9.17, 15) is 19.1 Å². The minimum absolute atomic E-state index is 0. The average Bonchev–Trinajstić information content (AvgIpc) is 3.39. The molecule has 236 valence electrons. The SMILES string of the molecule is C.Cc1cc(F)c(C[C@@H](C(=O)O)N2CCN(C(=O)[C@@H]3CN(C4CCOCC4)C[C@H]3c3ccc(Cl)cc3F)[C@@H](C)C2)cc1C. The summed E-state index contributed by atoms with van der Waals surface area (Å²) >= 11 is 6.04. The number of carbonyl (C=O) groups is 2. The van der Waals surface area contributed by atoms with Gasteiger partial charge in [0, 0.05) is 75.4 Å². The molecule has 0 saturated carbocycles. The van der Waals surface area contributed by atoms with Crippen molar-refractivity contribution in [2.75, 3.05) is 45.9 Å². The molecule has 3 aliphatic heterocycles. The van der Waals surface area contributed by atoms with Crippen LogP contribution in [0.5, 0.6) is 0 Å². The highest BCUT2D eigenvalue weighted by atomic mass is 35.5. The number of nitrogens with zero attached hydrogens (tertiary/aromatic N) is 3. The first-order chi connectivity index (χ1) is 20.0. The van der Waals surface area contributed by atoms with E-state index in [1.54, 1.807) is 18.2 Å². The first-order valence-electron chi connectivity index (χ1n) is 14.8. The van der Waals surface area contributed by atoms with E-state index in [4.69, 9.17) is 16.3 Å². The molecule has 3 saturated heterocycles. The molecule has 4 atom stereocenters. The molecule has 0 radical (unpaired) electrons. The summed E-state index contributed by atoms with van der Waals surface area (Å²) in [6.45, 7) is 9.16. The van der Waals surface area contributed by atoms with Crippen LogP contribution in [0.1, 0.15) is 55.4 Å². The fourth-order valence-corrected chi connectivity index (χ4v) is 7.10. The normalized spacial score (nSPS) is 24.5. The summed E-state index contributed by atoms with van der Waals surface area (Å²) in [5, 5.41) is 10.4. The first-order valence-corrected chi connectivity index (χ1v) is 15.2. The van der Waals surface area contributed by atoms with Crippen LogP contribution in [0.2, 0.25) is 5.02 Å². The number of ether oxygens (including phenoxy) is 1. The Morgan fingerprint density at radius 2 is 1.72 bits per heavy atom. The topological polar surface area (TPSA) is 73.3 Å². The molecule has 0 spiro atoms. The van der Waals surface area contributed by atoms with Crippen molar-refractivity contribution in [2.24, 2.45) is 5.92 Å². The number of hydrogen-bond donors (Lipinski definition) is 1. The van der Waals surface area contributed by atoms with Gasteiger partial charge in [0.2, 0.25) is 5.91 Å². The number of aryl methyl sites for hydroxylation is 2. The van der Waals surface area contributed by atoms with E-state index in [1.165, 1.54) is 12.1 Å². The van der Waals surface area contributed by atoms with Crippen LogP contribution in [0.15, 0.2) is 30.3 Å². The Morgan fingerprint density at radius 3 is 2.37 bits per heavy atom. The van der Waals surface area contributed by atoms with Gasteiger partial charge < -0.3 is 14.7 Å². The highest BCUT2D eigenvalue weighted by Gasteiger charge is 2.45. The van der Waals surface area contributed by atoms with Crippen LogP contribution < -0.4 is 0 Å². The zero-order valence-electron chi connectivity index (χ0n) is 24.5. The molecule has 2 aromatic carbocycles. The van der Waals surface area contributed by atoms with E-state index in [0.29, 0.717) is 62.1 Å². The van der Waals surface area contributed by atoms with Gasteiger partial charge in [0.15, 0.2) is 0 Å². The third kappa shape index (κ3) is 7.22. The quantitative estimate of drug-likeness (QED) is 0.454. The Kier molecular flexibility index (Phi) is 10.9. The molecule has 0 unspecified atom stereocenters. The highest BCUT2D eigenvalue weighted by molar-refractivity contribution is 6.30. The first kappa shape index (κ1) is 33.3. The van der Waals surface area contributed by atoms with Gasteiger partial charge in [-0.3, -0.25) is 19.4 Å². The van der Waals surface area contributed by atoms with Crippen LogP contribution in [-0.2, 0) is 20.7 Å². The second-order valence-electron chi connectivity index (χ2n) is 12.1. The van der Waals surface area contributed by atoms with Crippen LogP contribution in [0.4, 0.5) is 8.78 Å². The average molecular weight is 620 g/mol. The number of piperazine rings is 1. The lowest BCUT2D eigenvalue weighted by Crippen LogP contribution is -2.59. The minimum Gasteiger partial charge on any atom is -0.480 e. The zero-order valence-corrected chi connectivity index (χ0v) is 25.2. The molecule has 0 aromatic heterocycles. The Bertz CT molecular complexity index is 1320. The van der Waals surface area contributed by atoms with E-state index >= 15 is 4.39 Å². The Balaban J connectivity index is 0.00000423. The van der Waals surface area contributed by atoms with E-state index in [2.05, 4.69) is 4.90 Å². The maximum atomic E-state index is 15.2. The molecule has 5 rings (SSSR count). The van der Waals surface area contributed by atoms with Gasteiger partial charge >= 0.3 is 5.97 Å². The molecule has 0 bridgehead atoms. The number of hydrogen-bond acceptors (Lipinski definition) is 5. The maximum Gasteiger partial charge on any atom is 0.321 e. The van der Waals surface area contributed by atoms with Gasteiger partial charge in [-0.05, 0) is 74.1 Å². The summed E-state index contributed by atoms with van der Waals surface area (Å²) in [6, 6.07) is 6.97. The number of halogens is 3. The van der Waals surface area contributed by atoms with Crippen molar-refractivity contribution in [2.45, 2.75) is 71.5 Å². The Hall–Kier alpha value is -2.59. The highest BCUT2D eigenvalue weighted by Crippen LogP contribution is 2.39. The molecular formula is C33H44ClF2N3O4. The number of carboxylic acid groups (broad SMARTS) is 1. The second-order valence-corrected chi connectivity index (χ2v) is 12.6. The van der Waals surface area contributed by atoms with Crippen molar-refractivity contribution in [3.8, 4) is 0 Å². The number of carbonyl (C=O) groups excluding carboxylic acids is 1. The van der Waals surface area contributed by atoms with Gasteiger partial charge in [0.1, 0.15) is 17.7 Å². The van der Waals surface area contributed by atoms with Crippen molar-refractivity contribution >= 4 is 23.5 Å². The molecule has 7 nitrogen and oxygen atoms in total. The van der Waals surface area contributed by atoms with Crippen LogP contribution in [0.3, 0.4) is 0 Å². The molecule has 43 heavy (non-hydrogen) atoms. The molecule has 0 aliphatic carbocycles. The van der Waals surface area contributed by atoms with Gasteiger partial charge in [-0.1, -0.05) is 31.2 Å². The maximum absolute atomic E-state index is 15.2. The Morgan fingerprint density at radius 1 is 1.02 bits per heavy atom. The van der Waals surface area contributed by atoms with Crippen LogP contribution in [-0.4, -0.2) is 95.7 Å². The van der Waals surface area contributed by atoms with Gasteiger partial charge in [-0.2, -0.15) is 0 Å². The fourth-order valence-electron chi connectivity index (χ4n) is 6.94.